The average molecular weight is 117 g/mol. The van der Waals surface area contributed by atoms with Gasteiger partial charge in [0, 0.05) is 0 Å². The van der Waals surface area contributed by atoms with Gasteiger partial charge < -0.3 is 5.48 Å². The van der Waals surface area contributed by atoms with Crippen LogP contribution in [0.4, 0.5) is 0 Å². The normalized spacial score (nSPS) is 3.60. The summed E-state index contributed by atoms with van der Waals surface area (Å²) in [5.41, 5.74) is 0. The molecule has 0 aliphatic carbocycles. The van der Waals surface area contributed by atoms with Crippen molar-refractivity contribution in [2.75, 3.05) is 12.5 Å². The first-order valence-corrected chi connectivity index (χ1v) is 2.45. The zero-order valence-electron chi connectivity index (χ0n) is 3.32. The highest BCUT2D eigenvalue weighted by molar-refractivity contribution is 7.97. The summed E-state index contributed by atoms with van der Waals surface area (Å²) in [6.07, 6.45) is 4.08. The Bertz CT molecular complexity index is 9.61. The largest absolute Gasteiger partial charge is 0.412 e. The van der Waals surface area contributed by atoms with E-state index in [1.807, 2.05) is 12.5 Å². The van der Waals surface area contributed by atoms with Crippen LogP contribution in [0.2, 0.25) is 0 Å². The van der Waals surface area contributed by atoms with Gasteiger partial charge in [0.05, 0.1) is 0 Å². The maximum absolute atomic E-state index is 2.04. The molecule has 0 aromatic carbocycles. The van der Waals surface area contributed by atoms with Crippen molar-refractivity contribution >= 4 is 24.2 Å². The molecule has 0 heterocycles. The lowest BCUT2D eigenvalue weighted by Crippen LogP contribution is -1.25. The lowest BCUT2D eigenvalue weighted by Gasteiger charge is -1.51. The van der Waals surface area contributed by atoms with Gasteiger partial charge in [0.1, 0.15) is 0 Å². The van der Waals surface area contributed by atoms with E-state index >= 15 is 0 Å². The molecule has 0 atom stereocenters. The van der Waals surface area contributed by atoms with Crippen molar-refractivity contribution < 1.29 is 5.48 Å². The molecule has 1 nitrogen and oxygen atoms in total. The lowest BCUT2D eigenvalue weighted by atomic mass is 11.9. The first kappa shape index (κ1) is 17.5. The van der Waals surface area contributed by atoms with Gasteiger partial charge in [-0.1, -0.05) is 0 Å². The summed E-state index contributed by atoms with van der Waals surface area (Å²) < 4.78 is 0. The van der Waals surface area contributed by atoms with E-state index in [0.717, 1.165) is 0 Å². The minimum atomic E-state index is 0. The predicted octanol–water partition coefficient (Wildman–Crippen LogP) is 0.576. The van der Waals surface area contributed by atoms with Crippen molar-refractivity contribution in [1.82, 2.24) is 0 Å². The fraction of sp³-hybridized carbons (Fsp3) is 1.00. The van der Waals surface area contributed by atoms with Crippen molar-refractivity contribution in [3.05, 3.63) is 0 Å². The van der Waals surface area contributed by atoms with Gasteiger partial charge in [-0.2, -0.15) is 11.8 Å². The Morgan fingerprint density at radius 2 is 1.20 bits per heavy atom. The minimum absolute atomic E-state index is 0. The van der Waals surface area contributed by atoms with Crippen LogP contribution in [0.5, 0.6) is 0 Å². The summed E-state index contributed by atoms with van der Waals surface area (Å²) in [5, 5.41) is 0. The van der Waals surface area contributed by atoms with E-state index in [1.165, 1.54) is 0 Å². The monoisotopic (exact) mass is 116 g/mol. The standard InChI is InChI=1S/C2H6S.ClH.H2O/c1-3-2;;/h1-2H3;1H;1H2. The molecule has 2 N–H and O–H groups in total. The van der Waals surface area contributed by atoms with Crippen LogP contribution < -0.4 is 0 Å². The van der Waals surface area contributed by atoms with Gasteiger partial charge in [0.25, 0.3) is 0 Å². The molecular weight excluding hydrogens is 108 g/mol. The molecule has 0 aliphatic rings. The molecule has 0 bridgehead atoms. The molecule has 0 unspecified atom stereocenters. The highest BCUT2D eigenvalue weighted by Crippen LogP contribution is 1.70. The average Bonchev–Trinajstić information content (AvgIpc) is 0.918. The van der Waals surface area contributed by atoms with Gasteiger partial charge in [-0.05, 0) is 12.5 Å². The molecular formula is C2H9ClOS. The number of hydrogen-bond acceptors (Lipinski definition) is 1. The third kappa shape index (κ3) is 86.4. The minimum Gasteiger partial charge on any atom is -0.412 e. The molecule has 36 valence electrons. The van der Waals surface area contributed by atoms with Crippen molar-refractivity contribution in [1.29, 1.82) is 0 Å². The summed E-state index contributed by atoms with van der Waals surface area (Å²) in [6.45, 7) is 0. The van der Waals surface area contributed by atoms with E-state index in [1.54, 1.807) is 11.8 Å². The van der Waals surface area contributed by atoms with Crippen LogP contribution in [-0.4, -0.2) is 18.0 Å². The van der Waals surface area contributed by atoms with Gasteiger partial charge in [-0.25, -0.2) is 0 Å². The van der Waals surface area contributed by atoms with E-state index < -0.39 is 0 Å². The Hall–Kier alpha value is 0.600. The van der Waals surface area contributed by atoms with Crippen LogP contribution in [0.25, 0.3) is 0 Å². The summed E-state index contributed by atoms with van der Waals surface area (Å²) in [5.74, 6) is 0. The quantitative estimate of drug-likeness (QED) is 0.456. The van der Waals surface area contributed by atoms with Gasteiger partial charge in [0.15, 0.2) is 0 Å². The molecule has 0 saturated carbocycles. The molecule has 5 heavy (non-hydrogen) atoms. The zero-order valence-corrected chi connectivity index (χ0v) is 4.95. The van der Waals surface area contributed by atoms with E-state index in [9.17, 15) is 0 Å². The highest BCUT2D eigenvalue weighted by atomic mass is 35.5. The summed E-state index contributed by atoms with van der Waals surface area (Å²) in [6, 6.07) is 0. The second-order valence-electron chi connectivity index (χ2n) is 0.408. The maximum Gasteiger partial charge on any atom is -0.0187 e. The second kappa shape index (κ2) is 23.3. The van der Waals surface area contributed by atoms with Gasteiger partial charge in [-0.3, -0.25) is 0 Å². The van der Waals surface area contributed by atoms with E-state index in [2.05, 4.69) is 0 Å². The van der Waals surface area contributed by atoms with Crippen LogP contribution in [0, 0.1) is 0 Å². The van der Waals surface area contributed by atoms with Gasteiger partial charge in [0.2, 0.25) is 0 Å². The van der Waals surface area contributed by atoms with Crippen LogP contribution in [0.1, 0.15) is 0 Å². The van der Waals surface area contributed by atoms with Crippen LogP contribution in [0.15, 0.2) is 0 Å². The maximum atomic E-state index is 2.04. The Kier molecular flexibility index (Phi) is 81.6. The van der Waals surface area contributed by atoms with Gasteiger partial charge in [-0.15, -0.1) is 12.4 Å². The fourth-order valence-corrected chi connectivity index (χ4v) is 0. The molecule has 0 fully saturated rings. The number of hydrogen-bond donors (Lipinski definition) is 0. The van der Waals surface area contributed by atoms with Crippen molar-refractivity contribution in [2.24, 2.45) is 0 Å². The smallest absolute Gasteiger partial charge is 0.0187 e. The number of halogens is 1. The summed E-state index contributed by atoms with van der Waals surface area (Å²) >= 11 is 1.75. The molecule has 0 aromatic rings. The lowest BCUT2D eigenvalue weighted by molar-refractivity contribution is 0.824. The van der Waals surface area contributed by atoms with Crippen molar-refractivity contribution in [3.63, 3.8) is 0 Å². The van der Waals surface area contributed by atoms with E-state index in [4.69, 9.17) is 0 Å². The van der Waals surface area contributed by atoms with Crippen molar-refractivity contribution in [2.45, 2.75) is 0 Å². The number of rotatable bonds is 0. The Morgan fingerprint density at radius 3 is 1.20 bits per heavy atom. The third-order valence-corrected chi connectivity index (χ3v) is 0. The molecule has 0 aromatic heterocycles. The van der Waals surface area contributed by atoms with Gasteiger partial charge >= 0.3 is 0 Å². The predicted molar refractivity (Wildman–Crippen MR) is 30.3 cm³/mol. The van der Waals surface area contributed by atoms with Crippen molar-refractivity contribution in [3.8, 4) is 0 Å². The molecule has 0 spiro atoms. The molecule has 0 aliphatic heterocycles. The van der Waals surface area contributed by atoms with Crippen LogP contribution in [-0.2, 0) is 0 Å². The van der Waals surface area contributed by atoms with E-state index in [-0.39, 0.29) is 17.9 Å². The molecule has 0 amide bonds. The molecule has 0 saturated heterocycles. The Morgan fingerprint density at radius 1 is 1.20 bits per heavy atom. The summed E-state index contributed by atoms with van der Waals surface area (Å²) in [4.78, 5) is 0. The Labute approximate surface area is 42.9 Å². The van der Waals surface area contributed by atoms with Crippen LogP contribution >= 0.6 is 24.2 Å². The zero-order chi connectivity index (χ0) is 2.71. The summed E-state index contributed by atoms with van der Waals surface area (Å²) in [7, 11) is 0. The highest BCUT2D eigenvalue weighted by Gasteiger charge is 1.32. The third-order valence-electron chi connectivity index (χ3n) is 0. The molecule has 3 heteroatoms. The van der Waals surface area contributed by atoms with E-state index in [0.29, 0.717) is 0 Å². The first-order valence-electron chi connectivity index (χ1n) is 0.816. The molecule has 0 rings (SSSR count). The van der Waals surface area contributed by atoms with Crippen LogP contribution in [0.3, 0.4) is 0 Å². The number of thioether (sulfide) groups is 1. The first-order chi connectivity index (χ1) is 1.41. The fourth-order valence-electron chi connectivity index (χ4n) is 0. The molecule has 0 radical (unpaired) electrons. The second-order valence-corrected chi connectivity index (χ2v) is 1.22. The topological polar surface area (TPSA) is 31.5 Å². The Balaban J connectivity index is -0.0000000200. The SMILES string of the molecule is CSC.Cl.O.